The highest BCUT2D eigenvalue weighted by Crippen LogP contribution is 2.12. The molecular formula is C11H14F2N2O. The van der Waals surface area contributed by atoms with Crippen molar-refractivity contribution < 1.29 is 13.6 Å². The highest BCUT2D eigenvalue weighted by molar-refractivity contribution is 5.75. The highest BCUT2D eigenvalue weighted by atomic mass is 19.1. The second-order valence-electron chi connectivity index (χ2n) is 3.59. The first-order valence-corrected chi connectivity index (χ1v) is 4.96. The summed E-state index contributed by atoms with van der Waals surface area (Å²) in [4.78, 5) is 11.1. The third-order valence-electron chi connectivity index (χ3n) is 2.24. The van der Waals surface area contributed by atoms with Crippen LogP contribution in [0.15, 0.2) is 18.2 Å². The Morgan fingerprint density at radius 2 is 2.12 bits per heavy atom. The molecule has 1 aromatic carbocycles. The number of rotatable bonds is 4. The van der Waals surface area contributed by atoms with Crippen LogP contribution >= 0.6 is 0 Å². The smallest absolute Gasteiger partial charge is 0.236 e. The Morgan fingerprint density at radius 1 is 1.44 bits per heavy atom. The summed E-state index contributed by atoms with van der Waals surface area (Å²) in [6, 6.07) is 3.30. The molecule has 0 atom stereocenters. The molecule has 1 aromatic rings. The van der Waals surface area contributed by atoms with Crippen molar-refractivity contribution in [3.05, 3.63) is 35.4 Å². The number of amides is 1. The molecule has 0 unspecified atom stereocenters. The molecule has 0 aliphatic rings. The zero-order chi connectivity index (χ0) is 12.1. The van der Waals surface area contributed by atoms with Gasteiger partial charge in [0.05, 0.1) is 0 Å². The number of hydrazine groups is 1. The van der Waals surface area contributed by atoms with Crippen molar-refractivity contribution in [2.24, 2.45) is 5.84 Å². The average Bonchev–Trinajstić information content (AvgIpc) is 2.22. The molecule has 1 rings (SSSR count). The molecule has 0 bridgehead atoms. The minimum atomic E-state index is -0.473. The molecule has 0 fully saturated rings. The van der Waals surface area contributed by atoms with Gasteiger partial charge in [-0.1, -0.05) is 0 Å². The van der Waals surface area contributed by atoms with Crippen molar-refractivity contribution in [2.45, 2.75) is 19.3 Å². The third-order valence-corrected chi connectivity index (χ3v) is 2.24. The lowest BCUT2D eigenvalue weighted by atomic mass is 10.1. The molecule has 0 radical (unpaired) electrons. The van der Waals surface area contributed by atoms with E-state index in [9.17, 15) is 13.6 Å². The molecule has 5 heteroatoms. The van der Waals surface area contributed by atoms with Crippen molar-refractivity contribution in [3.63, 3.8) is 0 Å². The maximum absolute atomic E-state index is 13.2. The monoisotopic (exact) mass is 228 g/mol. The fraction of sp³-hybridized carbons (Fsp3) is 0.364. The summed E-state index contributed by atoms with van der Waals surface area (Å²) in [6.45, 7) is 0. The van der Waals surface area contributed by atoms with Crippen molar-refractivity contribution in [2.75, 3.05) is 7.05 Å². The molecule has 0 heterocycles. The average molecular weight is 228 g/mol. The van der Waals surface area contributed by atoms with Gasteiger partial charge in [0.2, 0.25) is 5.91 Å². The second kappa shape index (κ2) is 5.55. The van der Waals surface area contributed by atoms with Crippen LogP contribution in [0.5, 0.6) is 0 Å². The molecule has 88 valence electrons. The number of carbonyl (C=O) groups excluding carboxylic acids is 1. The summed E-state index contributed by atoms with van der Waals surface area (Å²) >= 11 is 0. The summed E-state index contributed by atoms with van der Waals surface area (Å²) in [5.41, 5.74) is 0.285. The third kappa shape index (κ3) is 3.58. The molecule has 16 heavy (non-hydrogen) atoms. The maximum atomic E-state index is 13.2. The van der Waals surface area contributed by atoms with E-state index in [2.05, 4.69) is 0 Å². The van der Waals surface area contributed by atoms with E-state index in [-0.39, 0.29) is 17.9 Å². The van der Waals surface area contributed by atoms with E-state index in [0.717, 1.165) is 23.2 Å². The van der Waals surface area contributed by atoms with Gasteiger partial charge in [0, 0.05) is 13.5 Å². The second-order valence-corrected chi connectivity index (χ2v) is 3.59. The van der Waals surface area contributed by atoms with E-state index in [0.29, 0.717) is 12.8 Å². The van der Waals surface area contributed by atoms with E-state index >= 15 is 0 Å². The van der Waals surface area contributed by atoms with Gasteiger partial charge in [-0.2, -0.15) is 0 Å². The molecular weight excluding hydrogens is 214 g/mol. The quantitative estimate of drug-likeness (QED) is 0.483. The van der Waals surface area contributed by atoms with Crippen LogP contribution in [0, 0.1) is 11.6 Å². The van der Waals surface area contributed by atoms with Crippen LogP contribution in [0.1, 0.15) is 18.4 Å². The normalized spacial score (nSPS) is 10.2. The predicted octanol–water partition coefficient (Wildman–Crippen LogP) is 1.62. The number of hydrogen-bond donors (Lipinski definition) is 1. The van der Waals surface area contributed by atoms with Crippen LogP contribution in [-0.2, 0) is 11.2 Å². The molecule has 2 N–H and O–H groups in total. The predicted molar refractivity (Wildman–Crippen MR) is 56.3 cm³/mol. The lowest BCUT2D eigenvalue weighted by Crippen LogP contribution is -2.32. The first-order valence-electron chi connectivity index (χ1n) is 4.96. The Hall–Kier alpha value is -1.49. The number of nitrogens with zero attached hydrogens (tertiary/aromatic N) is 1. The van der Waals surface area contributed by atoms with Gasteiger partial charge >= 0.3 is 0 Å². The van der Waals surface area contributed by atoms with E-state index in [4.69, 9.17) is 5.84 Å². The fourth-order valence-electron chi connectivity index (χ4n) is 1.34. The number of nitrogens with two attached hydrogens (primary N) is 1. The molecule has 0 aliphatic carbocycles. The number of benzene rings is 1. The van der Waals surface area contributed by atoms with Crippen LogP contribution in [0.4, 0.5) is 8.78 Å². The van der Waals surface area contributed by atoms with Gasteiger partial charge in [-0.25, -0.2) is 14.6 Å². The summed E-state index contributed by atoms with van der Waals surface area (Å²) in [6.07, 6.45) is 0.993. The Labute approximate surface area is 92.8 Å². The molecule has 0 saturated carbocycles. The van der Waals surface area contributed by atoms with Crippen LogP contribution < -0.4 is 5.84 Å². The Bertz CT molecular complexity index is 380. The Kier molecular flexibility index (Phi) is 4.37. The van der Waals surface area contributed by atoms with E-state index in [1.807, 2.05) is 0 Å². The van der Waals surface area contributed by atoms with Crippen LogP contribution in [0.25, 0.3) is 0 Å². The summed E-state index contributed by atoms with van der Waals surface area (Å²) < 4.78 is 26.0. The van der Waals surface area contributed by atoms with Gasteiger partial charge in [-0.3, -0.25) is 9.80 Å². The van der Waals surface area contributed by atoms with E-state index in [1.165, 1.54) is 7.05 Å². The minimum Gasteiger partial charge on any atom is -0.284 e. The van der Waals surface area contributed by atoms with Crippen LogP contribution in [0.3, 0.4) is 0 Å². The van der Waals surface area contributed by atoms with Crippen LogP contribution in [0.2, 0.25) is 0 Å². The van der Waals surface area contributed by atoms with E-state index in [1.54, 1.807) is 0 Å². The van der Waals surface area contributed by atoms with Gasteiger partial charge in [0.15, 0.2) is 0 Å². The van der Waals surface area contributed by atoms with Crippen molar-refractivity contribution >= 4 is 5.91 Å². The molecule has 0 spiro atoms. The van der Waals surface area contributed by atoms with Crippen molar-refractivity contribution in [1.29, 1.82) is 0 Å². The van der Waals surface area contributed by atoms with Gasteiger partial charge in [0.25, 0.3) is 0 Å². The number of aryl methyl sites for hydroxylation is 1. The van der Waals surface area contributed by atoms with Gasteiger partial charge in [-0.05, 0) is 36.6 Å². The maximum Gasteiger partial charge on any atom is 0.236 e. The van der Waals surface area contributed by atoms with Crippen molar-refractivity contribution in [1.82, 2.24) is 5.01 Å². The van der Waals surface area contributed by atoms with Gasteiger partial charge < -0.3 is 0 Å². The number of hydrogen-bond acceptors (Lipinski definition) is 2. The fourth-order valence-corrected chi connectivity index (χ4v) is 1.34. The molecule has 1 amide bonds. The first kappa shape index (κ1) is 12.6. The molecule has 3 nitrogen and oxygen atoms in total. The zero-order valence-electron chi connectivity index (χ0n) is 9.04. The van der Waals surface area contributed by atoms with Crippen LogP contribution in [-0.4, -0.2) is 18.0 Å². The summed E-state index contributed by atoms with van der Waals surface area (Å²) in [5, 5.41) is 0.988. The summed E-state index contributed by atoms with van der Waals surface area (Å²) in [7, 11) is 1.45. The topological polar surface area (TPSA) is 46.3 Å². The van der Waals surface area contributed by atoms with Gasteiger partial charge in [-0.15, -0.1) is 0 Å². The minimum absolute atomic E-state index is 0.225. The lowest BCUT2D eigenvalue weighted by molar-refractivity contribution is -0.130. The summed E-state index contributed by atoms with van der Waals surface area (Å²) in [5.74, 6) is 4.07. The first-order chi connectivity index (χ1) is 7.50. The SMILES string of the molecule is CN(N)C(=O)CCCc1cc(F)ccc1F. The molecule has 0 aliphatic heterocycles. The largest absolute Gasteiger partial charge is 0.284 e. The van der Waals surface area contributed by atoms with Gasteiger partial charge in [0.1, 0.15) is 11.6 Å². The highest BCUT2D eigenvalue weighted by Gasteiger charge is 2.07. The van der Waals surface area contributed by atoms with Crippen molar-refractivity contribution in [3.8, 4) is 0 Å². The zero-order valence-corrected chi connectivity index (χ0v) is 9.04. The van der Waals surface area contributed by atoms with E-state index < -0.39 is 11.6 Å². The number of halogens is 2. The standard InChI is InChI=1S/C11H14F2N2O/c1-15(14)11(16)4-2-3-8-7-9(12)5-6-10(8)13/h5-7H,2-4,14H2,1H3. The Balaban J connectivity index is 2.49. The molecule has 0 saturated heterocycles. The lowest BCUT2D eigenvalue weighted by Gasteiger charge is -2.09. The molecule has 0 aromatic heterocycles. The Morgan fingerprint density at radius 3 is 2.75 bits per heavy atom. The number of carbonyl (C=O) groups is 1.